The van der Waals surface area contributed by atoms with Crippen LogP contribution < -0.4 is 14.5 Å². The predicted octanol–water partition coefficient (Wildman–Crippen LogP) is 2.57. The number of ether oxygens (including phenoxy) is 1. The van der Waals surface area contributed by atoms with Crippen LogP contribution in [0.25, 0.3) is 0 Å². The lowest BCUT2D eigenvalue weighted by Gasteiger charge is -2.49. The highest BCUT2D eigenvalue weighted by Gasteiger charge is 2.57. The number of hydrogen-bond acceptors (Lipinski definition) is 10. The monoisotopic (exact) mass is 553 g/mol. The number of nitriles is 1. The predicted molar refractivity (Wildman–Crippen MR) is 147 cm³/mol. The number of aromatic nitrogens is 3. The average Bonchev–Trinajstić information content (AvgIpc) is 3.19. The Morgan fingerprint density at radius 1 is 1.15 bits per heavy atom. The molecule has 3 atom stereocenters. The molecule has 0 aromatic carbocycles. The van der Waals surface area contributed by atoms with E-state index in [9.17, 15) is 18.5 Å². The number of piperazine rings is 1. The fraction of sp³-hybridized carbons (Fsp3) is 0.593. The second-order valence-corrected chi connectivity index (χ2v) is 14.1. The zero-order valence-corrected chi connectivity index (χ0v) is 24.1. The molecule has 2 aromatic heterocycles. The van der Waals surface area contributed by atoms with Gasteiger partial charge in [-0.15, -0.1) is 0 Å². The van der Waals surface area contributed by atoms with Gasteiger partial charge >= 0.3 is 0 Å². The van der Waals surface area contributed by atoms with Gasteiger partial charge in [0.1, 0.15) is 28.8 Å². The van der Waals surface area contributed by atoms with Crippen LogP contribution in [0.1, 0.15) is 59.2 Å². The first-order valence-corrected chi connectivity index (χ1v) is 15.0. The molecule has 208 valence electrons. The van der Waals surface area contributed by atoms with Crippen LogP contribution in [0.2, 0.25) is 0 Å². The molecule has 2 aromatic rings. The van der Waals surface area contributed by atoms with E-state index in [-0.39, 0.29) is 34.9 Å². The van der Waals surface area contributed by atoms with Gasteiger partial charge in [-0.2, -0.15) is 5.26 Å². The molecule has 0 bridgehead atoms. The summed E-state index contributed by atoms with van der Waals surface area (Å²) in [6.45, 7) is 13.7. The van der Waals surface area contributed by atoms with Crippen LogP contribution >= 0.6 is 0 Å². The first-order chi connectivity index (χ1) is 18.3. The first-order valence-electron chi connectivity index (χ1n) is 13.3. The standard InChI is InChI=1S/C27H35N7O4S/c1-7-38-21-10-19(12-29-20(21)11-28)34-15-26(4,5)22-23(30-16-31-24(22)34)32-13-18(3)33(14-17(32)2)25(35)27(6)8-9-39(27,36)37/h10,12,16-18H,7-9,13-15H2,1-6H3/t17-,18+,27?/m0/s1. The maximum atomic E-state index is 13.4. The molecule has 0 radical (unpaired) electrons. The highest BCUT2D eigenvalue weighted by molar-refractivity contribution is 7.95. The van der Waals surface area contributed by atoms with Gasteiger partial charge < -0.3 is 19.4 Å². The summed E-state index contributed by atoms with van der Waals surface area (Å²) in [4.78, 5) is 33.1. The van der Waals surface area contributed by atoms with Crippen molar-refractivity contribution in [3.05, 3.63) is 29.8 Å². The van der Waals surface area contributed by atoms with E-state index in [4.69, 9.17) is 9.72 Å². The molecule has 5 rings (SSSR count). The molecule has 0 saturated carbocycles. The summed E-state index contributed by atoms with van der Waals surface area (Å²) in [5.74, 6) is 1.78. The molecule has 3 aliphatic heterocycles. The molecule has 0 N–H and O–H groups in total. The number of rotatable bonds is 5. The minimum Gasteiger partial charge on any atom is -0.491 e. The third-order valence-electron chi connectivity index (χ3n) is 8.35. The van der Waals surface area contributed by atoms with Crippen molar-refractivity contribution in [2.75, 3.05) is 41.8 Å². The molecule has 0 aliphatic carbocycles. The average molecular weight is 554 g/mol. The van der Waals surface area contributed by atoms with Gasteiger partial charge in [-0.3, -0.25) is 4.79 Å². The molecule has 5 heterocycles. The fourth-order valence-electron chi connectivity index (χ4n) is 5.91. The molecule has 39 heavy (non-hydrogen) atoms. The quantitative estimate of drug-likeness (QED) is 0.544. The Hall–Kier alpha value is -3.46. The van der Waals surface area contributed by atoms with Gasteiger partial charge in [0.15, 0.2) is 21.3 Å². The number of hydrogen-bond donors (Lipinski definition) is 0. The van der Waals surface area contributed by atoms with E-state index < -0.39 is 14.6 Å². The van der Waals surface area contributed by atoms with E-state index in [2.05, 4.69) is 39.7 Å². The number of carbonyl (C=O) groups excluding carboxylic acids is 1. The van der Waals surface area contributed by atoms with Crippen LogP contribution in [-0.2, 0) is 20.0 Å². The summed E-state index contributed by atoms with van der Waals surface area (Å²) in [6.07, 6.45) is 3.59. The molecule has 1 unspecified atom stereocenters. The minimum absolute atomic E-state index is 0.0681. The van der Waals surface area contributed by atoms with Gasteiger partial charge in [0.25, 0.3) is 0 Å². The number of carbonyl (C=O) groups is 1. The van der Waals surface area contributed by atoms with Crippen LogP contribution in [0.3, 0.4) is 0 Å². The van der Waals surface area contributed by atoms with Crippen molar-refractivity contribution in [3.63, 3.8) is 0 Å². The van der Waals surface area contributed by atoms with Crippen LogP contribution in [0, 0.1) is 11.3 Å². The van der Waals surface area contributed by atoms with E-state index in [1.54, 1.807) is 24.3 Å². The Morgan fingerprint density at radius 2 is 1.87 bits per heavy atom. The van der Waals surface area contributed by atoms with Crippen molar-refractivity contribution in [1.29, 1.82) is 5.26 Å². The van der Waals surface area contributed by atoms with E-state index >= 15 is 0 Å². The molecule has 0 spiro atoms. The summed E-state index contributed by atoms with van der Waals surface area (Å²) < 4.78 is 29.2. The van der Waals surface area contributed by atoms with Crippen molar-refractivity contribution in [2.45, 2.75) is 70.2 Å². The fourth-order valence-corrected chi connectivity index (χ4v) is 7.45. The van der Waals surface area contributed by atoms with Gasteiger partial charge in [0.05, 0.1) is 24.2 Å². The third-order valence-corrected chi connectivity index (χ3v) is 10.8. The molecule has 3 aliphatic rings. The zero-order valence-electron chi connectivity index (χ0n) is 23.3. The summed E-state index contributed by atoms with van der Waals surface area (Å²) in [5, 5.41) is 9.42. The normalized spacial score (nSPS) is 26.9. The Balaban J connectivity index is 1.47. The summed E-state index contributed by atoms with van der Waals surface area (Å²) in [6, 6.07) is 3.63. The minimum atomic E-state index is -3.41. The zero-order chi connectivity index (χ0) is 28.3. The highest BCUT2D eigenvalue weighted by atomic mass is 32.2. The molecule has 2 saturated heterocycles. The molecule has 1 amide bonds. The largest absolute Gasteiger partial charge is 0.491 e. The topological polar surface area (TPSA) is 133 Å². The van der Waals surface area contributed by atoms with Crippen LogP contribution in [0.4, 0.5) is 17.3 Å². The van der Waals surface area contributed by atoms with Crippen molar-refractivity contribution >= 4 is 33.1 Å². The Labute approximate surface area is 229 Å². The van der Waals surface area contributed by atoms with Crippen LogP contribution in [-0.4, -0.2) is 83.0 Å². The number of amides is 1. The first kappa shape index (κ1) is 27.1. The summed E-state index contributed by atoms with van der Waals surface area (Å²) in [7, 11) is -3.41. The molecule has 2 fully saturated rings. The van der Waals surface area contributed by atoms with Gasteiger partial charge in [-0.1, -0.05) is 13.8 Å². The van der Waals surface area contributed by atoms with Crippen molar-refractivity contribution in [2.24, 2.45) is 0 Å². The van der Waals surface area contributed by atoms with Crippen LogP contribution in [0.15, 0.2) is 18.6 Å². The number of fused-ring (bicyclic) bond motifs is 1. The van der Waals surface area contributed by atoms with Crippen molar-refractivity contribution in [1.82, 2.24) is 19.9 Å². The molecule has 11 nitrogen and oxygen atoms in total. The van der Waals surface area contributed by atoms with Gasteiger partial charge in [0, 0.05) is 48.8 Å². The van der Waals surface area contributed by atoms with Gasteiger partial charge in [-0.05, 0) is 34.1 Å². The lowest BCUT2D eigenvalue weighted by Crippen LogP contribution is -2.66. The molecular formula is C27H35N7O4S. The Kier molecular flexibility index (Phi) is 6.49. The van der Waals surface area contributed by atoms with E-state index in [1.165, 1.54) is 0 Å². The molecular weight excluding hydrogens is 518 g/mol. The lowest BCUT2D eigenvalue weighted by atomic mass is 9.87. The number of sulfone groups is 1. The van der Waals surface area contributed by atoms with Crippen molar-refractivity contribution in [3.8, 4) is 11.8 Å². The van der Waals surface area contributed by atoms with Gasteiger partial charge in [-0.25, -0.2) is 23.4 Å². The smallest absolute Gasteiger partial charge is 0.244 e. The molecule has 12 heteroatoms. The SMILES string of the molecule is CCOc1cc(N2CC(C)(C)c3c2ncnc3N2C[C@@H](C)N(C(=O)C3(C)CCS3(=O)=O)C[C@@H]2C)cnc1C#N. The van der Waals surface area contributed by atoms with E-state index in [0.717, 1.165) is 22.9 Å². The Bertz CT molecular complexity index is 1470. The number of nitrogens with zero attached hydrogens (tertiary/aromatic N) is 7. The summed E-state index contributed by atoms with van der Waals surface area (Å²) >= 11 is 0. The van der Waals surface area contributed by atoms with Crippen LogP contribution in [0.5, 0.6) is 5.75 Å². The van der Waals surface area contributed by atoms with Crippen molar-refractivity contribution < 1.29 is 17.9 Å². The second kappa shape index (κ2) is 9.33. The lowest BCUT2D eigenvalue weighted by molar-refractivity contribution is -0.137. The second-order valence-electron chi connectivity index (χ2n) is 11.6. The van der Waals surface area contributed by atoms with E-state index in [0.29, 0.717) is 38.4 Å². The maximum absolute atomic E-state index is 13.4. The van der Waals surface area contributed by atoms with Gasteiger partial charge in [0.2, 0.25) is 5.91 Å². The third kappa shape index (κ3) is 4.18. The maximum Gasteiger partial charge on any atom is 0.244 e. The highest BCUT2D eigenvalue weighted by Crippen LogP contribution is 2.48. The van der Waals surface area contributed by atoms with E-state index in [1.807, 2.05) is 26.8 Å². The Morgan fingerprint density at radius 3 is 2.49 bits per heavy atom. The number of anilines is 3. The summed E-state index contributed by atoms with van der Waals surface area (Å²) in [5.41, 5.74) is 1.71. The number of pyridine rings is 1.